The van der Waals surface area contributed by atoms with Crippen LogP contribution < -0.4 is 10.6 Å². The Morgan fingerprint density at radius 1 is 1.37 bits per heavy atom. The number of nitrogens with one attached hydrogen (secondary N) is 2. The predicted molar refractivity (Wildman–Crippen MR) is 71.8 cm³/mol. The zero-order valence-corrected chi connectivity index (χ0v) is 10.9. The molecule has 6 nitrogen and oxygen atoms in total. The molecule has 3 heterocycles. The molecule has 2 aromatic rings. The molecular formula is C13H17N5O. The van der Waals surface area contributed by atoms with Gasteiger partial charge in [-0.05, 0) is 45.0 Å². The van der Waals surface area contributed by atoms with Gasteiger partial charge in [-0.2, -0.15) is 4.98 Å². The van der Waals surface area contributed by atoms with Crippen LogP contribution in [-0.4, -0.2) is 34.3 Å². The maximum absolute atomic E-state index is 5.23. The van der Waals surface area contributed by atoms with Crippen LogP contribution in [0.5, 0.6) is 0 Å². The van der Waals surface area contributed by atoms with Crippen LogP contribution in [0.25, 0.3) is 11.5 Å². The maximum Gasteiger partial charge on any atom is 0.261 e. The third kappa shape index (κ3) is 2.73. The van der Waals surface area contributed by atoms with Crippen molar-refractivity contribution in [3.63, 3.8) is 0 Å². The Hall–Kier alpha value is -1.95. The van der Waals surface area contributed by atoms with E-state index in [9.17, 15) is 0 Å². The predicted octanol–water partition coefficient (Wildman–Crippen LogP) is 1.60. The van der Waals surface area contributed by atoms with E-state index < -0.39 is 0 Å². The lowest BCUT2D eigenvalue weighted by Crippen LogP contribution is -2.35. The van der Waals surface area contributed by atoms with Gasteiger partial charge in [0, 0.05) is 12.2 Å². The van der Waals surface area contributed by atoms with Gasteiger partial charge in [0.25, 0.3) is 5.89 Å². The molecule has 0 radical (unpaired) electrons. The van der Waals surface area contributed by atoms with E-state index in [4.69, 9.17) is 4.52 Å². The van der Waals surface area contributed by atoms with Crippen LogP contribution in [-0.2, 0) is 0 Å². The fourth-order valence-electron chi connectivity index (χ4n) is 2.26. The zero-order chi connectivity index (χ0) is 13.1. The summed E-state index contributed by atoms with van der Waals surface area (Å²) in [5.74, 6) is 1.96. The van der Waals surface area contributed by atoms with Crippen molar-refractivity contribution >= 4 is 5.82 Å². The number of aryl methyl sites for hydroxylation is 1. The fourth-order valence-corrected chi connectivity index (χ4v) is 2.26. The van der Waals surface area contributed by atoms with Crippen molar-refractivity contribution in [3.05, 3.63) is 24.2 Å². The van der Waals surface area contributed by atoms with E-state index in [-0.39, 0.29) is 0 Å². The van der Waals surface area contributed by atoms with Crippen molar-refractivity contribution in [3.8, 4) is 11.5 Å². The quantitative estimate of drug-likeness (QED) is 0.872. The van der Waals surface area contributed by atoms with Gasteiger partial charge in [0.2, 0.25) is 0 Å². The summed E-state index contributed by atoms with van der Waals surface area (Å²) in [6, 6.07) is 4.27. The average Bonchev–Trinajstić information content (AvgIpc) is 2.87. The molecule has 0 atom stereocenters. The zero-order valence-electron chi connectivity index (χ0n) is 10.9. The van der Waals surface area contributed by atoms with E-state index in [0.717, 1.165) is 37.3 Å². The van der Waals surface area contributed by atoms with Gasteiger partial charge >= 0.3 is 0 Å². The average molecular weight is 259 g/mol. The van der Waals surface area contributed by atoms with Gasteiger partial charge in [0.15, 0.2) is 5.82 Å². The highest BCUT2D eigenvalue weighted by Gasteiger charge is 2.17. The third-order valence-electron chi connectivity index (χ3n) is 3.25. The van der Waals surface area contributed by atoms with Crippen molar-refractivity contribution < 1.29 is 4.52 Å². The van der Waals surface area contributed by atoms with Crippen molar-refractivity contribution in [2.45, 2.75) is 25.8 Å². The summed E-state index contributed by atoms with van der Waals surface area (Å²) in [7, 11) is 0. The maximum atomic E-state index is 5.23. The molecule has 0 saturated carbocycles. The number of aromatic nitrogens is 3. The van der Waals surface area contributed by atoms with Crippen molar-refractivity contribution in [1.29, 1.82) is 0 Å². The van der Waals surface area contributed by atoms with Gasteiger partial charge < -0.3 is 15.2 Å². The van der Waals surface area contributed by atoms with E-state index in [0.29, 0.717) is 17.8 Å². The smallest absolute Gasteiger partial charge is 0.261 e. The first kappa shape index (κ1) is 12.1. The molecule has 2 aromatic heterocycles. The SMILES string of the molecule is Cc1noc(-c2cccnc2NC2CCNCC2)n1. The van der Waals surface area contributed by atoms with Gasteiger partial charge in [-0.3, -0.25) is 0 Å². The minimum absolute atomic E-state index is 0.443. The molecule has 1 aliphatic rings. The Labute approximate surface area is 111 Å². The van der Waals surface area contributed by atoms with Gasteiger partial charge in [-0.15, -0.1) is 0 Å². The summed E-state index contributed by atoms with van der Waals surface area (Å²) in [6.07, 6.45) is 3.97. The topological polar surface area (TPSA) is 75.9 Å². The van der Waals surface area contributed by atoms with Crippen molar-refractivity contribution in [2.75, 3.05) is 18.4 Å². The standard InChI is InChI=1S/C13H17N5O/c1-9-16-13(19-18-9)11-3-2-6-15-12(11)17-10-4-7-14-8-5-10/h2-3,6,10,14H,4-5,7-8H2,1H3,(H,15,17). The van der Waals surface area contributed by atoms with E-state index in [1.54, 1.807) is 6.20 Å². The Kier molecular flexibility index (Phi) is 3.41. The molecule has 3 rings (SSSR count). The highest BCUT2D eigenvalue weighted by molar-refractivity contribution is 5.68. The van der Waals surface area contributed by atoms with Crippen LogP contribution in [0, 0.1) is 6.92 Å². The van der Waals surface area contributed by atoms with Gasteiger partial charge in [0.05, 0.1) is 5.56 Å². The lowest BCUT2D eigenvalue weighted by atomic mass is 10.1. The molecule has 0 bridgehead atoms. The largest absolute Gasteiger partial charge is 0.367 e. The van der Waals surface area contributed by atoms with Crippen molar-refractivity contribution in [1.82, 2.24) is 20.4 Å². The molecular weight excluding hydrogens is 242 g/mol. The number of hydrogen-bond acceptors (Lipinski definition) is 6. The Morgan fingerprint density at radius 3 is 2.95 bits per heavy atom. The monoisotopic (exact) mass is 259 g/mol. The Balaban J connectivity index is 1.84. The molecule has 1 aliphatic heterocycles. The number of nitrogens with zero attached hydrogens (tertiary/aromatic N) is 3. The van der Waals surface area contributed by atoms with Crippen LogP contribution in [0.15, 0.2) is 22.9 Å². The van der Waals surface area contributed by atoms with Crippen LogP contribution in [0.3, 0.4) is 0 Å². The highest BCUT2D eigenvalue weighted by atomic mass is 16.5. The minimum Gasteiger partial charge on any atom is -0.367 e. The lowest BCUT2D eigenvalue weighted by molar-refractivity contribution is 0.425. The molecule has 2 N–H and O–H groups in total. The highest BCUT2D eigenvalue weighted by Crippen LogP contribution is 2.25. The second-order valence-corrected chi connectivity index (χ2v) is 4.71. The first-order valence-electron chi connectivity index (χ1n) is 6.56. The Bertz CT molecular complexity index is 547. The molecule has 0 unspecified atom stereocenters. The van der Waals surface area contributed by atoms with E-state index >= 15 is 0 Å². The summed E-state index contributed by atoms with van der Waals surface area (Å²) in [4.78, 5) is 8.66. The third-order valence-corrected chi connectivity index (χ3v) is 3.25. The van der Waals surface area contributed by atoms with Crippen LogP contribution >= 0.6 is 0 Å². The summed E-state index contributed by atoms with van der Waals surface area (Å²) in [5, 5.41) is 10.7. The first-order chi connectivity index (χ1) is 9.33. The molecule has 19 heavy (non-hydrogen) atoms. The summed E-state index contributed by atoms with van der Waals surface area (Å²) >= 11 is 0. The van der Waals surface area contributed by atoms with Crippen LogP contribution in [0.2, 0.25) is 0 Å². The molecule has 0 aromatic carbocycles. The second kappa shape index (κ2) is 5.36. The number of piperidine rings is 1. The van der Waals surface area contributed by atoms with Gasteiger partial charge in [-0.25, -0.2) is 4.98 Å². The number of anilines is 1. The normalized spacial score (nSPS) is 16.5. The summed E-state index contributed by atoms with van der Waals surface area (Å²) in [5.41, 5.74) is 0.863. The van der Waals surface area contributed by atoms with Gasteiger partial charge in [0.1, 0.15) is 5.82 Å². The number of hydrogen-bond donors (Lipinski definition) is 2. The summed E-state index contributed by atoms with van der Waals surface area (Å²) < 4.78 is 5.23. The molecule has 100 valence electrons. The molecule has 0 amide bonds. The minimum atomic E-state index is 0.443. The van der Waals surface area contributed by atoms with Gasteiger partial charge in [-0.1, -0.05) is 5.16 Å². The second-order valence-electron chi connectivity index (χ2n) is 4.71. The lowest BCUT2D eigenvalue weighted by Gasteiger charge is -2.24. The Morgan fingerprint density at radius 2 is 2.21 bits per heavy atom. The molecule has 1 saturated heterocycles. The molecule has 1 fully saturated rings. The summed E-state index contributed by atoms with van der Waals surface area (Å²) in [6.45, 7) is 3.89. The van der Waals surface area contributed by atoms with E-state index in [1.807, 2.05) is 19.1 Å². The van der Waals surface area contributed by atoms with E-state index in [2.05, 4.69) is 25.8 Å². The number of pyridine rings is 1. The molecule has 0 aliphatic carbocycles. The van der Waals surface area contributed by atoms with Crippen LogP contribution in [0.1, 0.15) is 18.7 Å². The van der Waals surface area contributed by atoms with Crippen molar-refractivity contribution in [2.24, 2.45) is 0 Å². The van der Waals surface area contributed by atoms with Crippen LogP contribution in [0.4, 0.5) is 5.82 Å². The van der Waals surface area contributed by atoms with E-state index in [1.165, 1.54) is 0 Å². The number of rotatable bonds is 3. The molecule has 6 heteroatoms. The first-order valence-corrected chi connectivity index (χ1v) is 6.56. The molecule has 0 spiro atoms. The fraction of sp³-hybridized carbons (Fsp3) is 0.462.